The Morgan fingerprint density at radius 3 is 2.11 bits per heavy atom. The number of rotatable bonds is 13. The first kappa shape index (κ1) is 16.5. The molecule has 1 heteroatoms. The maximum absolute atomic E-state index is 5.73. The number of ether oxygens (including phenoxy) is 1. The smallest absolute Gasteiger partial charge is 0.0841 e. The Bertz CT molecular complexity index is 252. The Kier molecular flexibility index (Phi) is 9.85. The van der Waals surface area contributed by atoms with Crippen LogP contribution < -0.4 is 0 Å². The zero-order chi connectivity index (χ0) is 13.8. The summed E-state index contributed by atoms with van der Waals surface area (Å²) in [4.78, 5) is 0. The third kappa shape index (κ3) is 9.08. The Morgan fingerprint density at radius 1 is 0.895 bits per heavy atom. The van der Waals surface area contributed by atoms with Gasteiger partial charge in [-0.05, 0) is 38.3 Å². The predicted octanol–water partition coefficient (Wildman–Crippen LogP) is 5.60. The van der Waals surface area contributed by atoms with Crippen molar-refractivity contribution in [3.8, 4) is 0 Å². The quantitative estimate of drug-likeness (QED) is 0.239. The molecule has 0 aromatic rings. The summed E-state index contributed by atoms with van der Waals surface area (Å²) >= 11 is 0. The Morgan fingerprint density at radius 2 is 1.47 bits per heavy atom. The van der Waals surface area contributed by atoms with Crippen LogP contribution in [0, 0.1) is 6.58 Å². The first-order valence-corrected chi connectivity index (χ1v) is 8.31. The van der Waals surface area contributed by atoms with Crippen LogP contribution in [0.15, 0.2) is 11.8 Å². The lowest BCUT2D eigenvalue weighted by Gasteiger charge is -1.99. The van der Waals surface area contributed by atoms with E-state index in [4.69, 9.17) is 11.3 Å². The van der Waals surface area contributed by atoms with E-state index in [2.05, 4.69) is 12.7 Å². The van der Waals surface area contributed by atoms with Gasteiger partial charge in [-0.15, -0.1) is 5.73 Å². The summed E-state index contributed by atoms with van der Waals surface area (Å²) < 4.78 is 5.73. The van der Waals surface area contributed by atoms with Crippen LogP contribution in [0.1, 0.15) is 84.0 Å². The fraction of sp³-hybridized carbons (Fsp3) is 0.833. The summed E-state index contributed by atoms with van der Waals surface area (Å²) in [6.45, 7) is 7.45. The largest absolute Gasteiger partial charge is 0.370 e. The number of hydrogen-bond donors (Lipinski definition) is 0. The van der Waals surface area contributed by atoms with Gasteiger partial charge in [-0.3, -0.25) is 0 Å². The molecule has 1 nitrogen and oxygen atoms in total. The predicted molar refractivity (Wildman–Crippen MR) is 82.1 cm³/mol. The van der Waals surface area contributed by atoms with Gasteiger partial charge in [0.2, 0.25) is 0 Å². The molecule has 2 atom stereocenters. The molecule has 0 N–H and O–H groups in total. The van der Waals surface area contributed by atoms with Crippen LogP contribution >= 0.6 is 0 Å². The Hall–Kier alpha value is -0.520. The molecular weight excluding hydrogens is 232 g/mol. The molecule has 0 aromatic heterocycles. The van der Waals surface area contributed by atoms with Crippen molar-refractivity contribution in [3.05, 3.63) is 18.4 Å². The lowest BCUT2D eigenvalue weighted by Crippen LogP contribution is -1.94. The summed E-state index contributed by atoms with van der Waals surface area (Å²) in [6.07, 6.45) is 18.9. The standard InChI is InChI=1S/C18H31O/c1-3-5-7-9-11-13-15-17-18(19-17)16-14-12-10-8-6-4-2/h1,5,17-18H,4,6-16H2,2H3. The van der Waals surface area contributed by atoms with E-state index in [0.29, 0.717) is 12.2 Å². The van der Waals surface area contributed by atoms with Crippen LogP contribution in [0.4, 0.5) is 0 Å². The maximum Gasteiger partial charge on any atom is 0.0841 e. The van der Waals surface area contributed by atoms with Gasteiger partial charge in [0.15, 0.2) is 0 Å². The highest BCUT2D eigenvalue weighted by Crippen LogP contribution is 2.31. The molecule has 109 valence electrons. The van der Waals surface area contributed by atoms with Gasteiger partial charge in [0.25, 0.3) is 0 Å². The third-order valence-corrected chi connectivity index (χ3v) is 3.98. The van der Waals surface area contributed by atoms with Crippen LogP contribution in [-0.2, 0) is 4.74 Å². The van der Waals surface area contributed by atoms with Crippen LogP contribution in [-0.4, -0.2) is 12.2 Å². The molecule has 2 unspecified atom stereocenters. The van der Waals surface area contributed by atoms with Crippen LogP contribution in [0.5, 0.6) is 0 Å². The molecular formula is C18H31O. The SMILES string of the molecule is [CH]=C=CCCCCCC1OC1CCCCCCCC. The van der Waals surface area contributed by atoms with Crippen molar-refractivity contribution in [3.63, 3.8) is 0 Å². The number of epoxide rings is 1. The molecule has 0 aromatic carbocycles. The van der Waals surface area contributed by atoms with Crippen molar-refractivity contribution in [2.75, 3.05) is 0 Å². The second-order valence-electron chi connectivity index (χ2n) is 5.78. The fourth-order valence-corrected chi connectivity index (χ4v) is 2.66. The van der Waals surface area contributed by atoms with E-state index in [-0.39, 0.29) is 0 Å². The van der Waals surface area contributed by atoms with Crippen molar-refractivity contribution < 1.29 is 4.74 Å². The van der Waals surface area contributed by atoms with E-state index in [0.717, 1.165) is 6.42 Å². The van der Waals surface area contributed by atoms with Gasteiger partial charge >= 0.3 is 0 Å². The Labute approximate surface area is 120 Å². The number of allylic oxidation sites excluding steroid dienone is 1. The molecule has 0 bridgehead atoms. The van der Waals surface area contributed by atoms with Gasteiger partial charge in [-0.25, -0.2) is 0 Å². The molecule has 0 aliphatic carbocycles. The first-order chi connectivity index (χ1) is 9.38. The van der Waals surface area contributed by atoms with Gasteiger partial charge in [-0.1, -0.05) is 58.3 Å². The van der Waals surface area contributed by atoms with E-state index in [9.17, 15) is 0 Å². The molecule has 1 rings (SSSR count). The van der Waals surface area contributed by atoms with Gasteiger partial charge < -0.3 is 4.74 Å². The molecule has 1 aliphatic heterocycles. The summed E-state index contributed by atoms with van der Waals surface area (Å²) in [5, 5.41) is 0. The summed E-state index contributed by atoms with van der Waals surface area (Å²) in [6, 6.07) is 0. The van der Waals surface area contributed by atoms with Gasteiger partial charge in [-0.2, -0.15) is 0 Å². The molecule has 1 aliphatic rings. The van der Waals surface area contributed by atoms with Gasteiger partial charge in [0, 0.05) is 0 Å². The van der Waals surface area contributed by atoms with E-state index in [1.165, 1.54) is 70.6 Å². The normalized spacial score (nSPS) is 21.1. The molecule has 19 heavy (non-hydrogen) atoms. The molecule has 1 heterocycles. The van der Waals surface area contributed by atoms with Crippen molar-refractivity contribution >= 4 is 0 Å². The minimum absolute atomic E-state index is 0.590. The lowest BCUT2D eigenvalue weighted by atomic mass is 10.0. The van der Waals surface area contributed by atoms with E-state index < -0.39 is 0 Å². The van der Waals surface area contributed by atoms with E-state index in [1.807, 2.05) is 6.08 Å². The first-order valence-electron chi connectivity index (χ1n) is 8.31. The number of unbranched alkanes of at least 4 members (excludes halogenated alkanes) is 8. The average molecular weight is 263 g/mol. The molecule has 1 saturated heterocycles. The van der Waals surface area contributed by atoms with E-state index in [1.54, 1.807) is 0 Å². The second kappa shape index (κ2) is 11.3. The van der Waals surface area contributed by atoms with Crippen molar-refractivity contribution in [2.45, 2.75) is 96.2 Å². The fourth-order valence-electron chi connectivity index (χ4n) is 2.66. The Balaban J connectivity index is 1.79. The molecule has 1 radical (unpaired) electrons. The average Bonchev–Trinajstić information content (AvgIpc) is 3.16. The van der Waals surface area contributed by atoms with Crippen LogP contribution in [0.3, 0.4) is 0 Å². The third-order valence-electron chi connectivity index (χ3n) is 3.98. The highest BCUT2D eigenvalue weighted by atomic mass is 16.6. The maximum atomic E-state index is 5.73. The van der Waals surface area contributed by atoms with Crippen LogP contribution in [0.2, 0.25) is 0 Å². The van der Waals surface area contributed by atoms with E-state index >= 15 is 0 Å². The zero-order valence-corrected chi connectivity index (χ0v) is 12.7. The van der Waals surface area contributed by atoms with Crippen molar-refractivity contribution in [1.82, 2.24) is 0 Å². The zero-order valence-electron chi connectivity index (χ0n) is 12.7. The van der Waals surface area contributed by atoms with Crippen molar-refractivity contribution in [1.29, 1.82) is 0 Å². The summed E-state index contributed by atoms with van der Waals surface area (Å²) in [5.74, 6) is 0. The van der Waals surface area contributed by atoms with Gasteiger partial charge in [0.1, 0.15) is 0 Å². The van der Waals surface area contributed by atoms with Gasteiger partial charge in [0.05, 0.1) is 12.2 Å². The summed E-state index contributed by atoms with van der Waals surface area (Å²) in [5.41, 5.74) is 2.58. The molecule has 0 saturated carbocycles. The highest BCUT2D eigenvalue weighted by molar-refractivity contribution is 4.84. The molecule has 1 fully saturated rings. The minimum atomic E-state index is 0.590. The topological polar surface area (TPSA) is 12.5 Å². The van der Waals surface area contributed by atoms with Crippen LogP contribution in [0.25, 0.3) is 0 Å². The molecule has 0 spiro atoms. The summed E-state index contributed by atoms with van der Waals surface area (Å²) in [7, 11) is 0. The lowest BCUT2D eigenvalue weighted by molar-refractivity contribution is 0.348. The molecule has 0 amide bonds. The number of hydrogen-bond acceptors (Lipinski definition) is 1. The van der Waals surface area contributed by atoms with Crippen molar-refractivity contribution in [2.24, 2.45) is 0 Å². The highest BCUT2D eigenvalue weighted by Gasteiger charge is 2.36. The second-order valence-corrected chi connectivity index (χ2v) is 5.78. The minimum Gasteiger partial charge on any atom is -0.370 e. The monoisotopic (exact) mass is 263 g/mol.